The predicted molar refractivity (Wildman–Crippen MR) is 79.8 cm³/mol. The first-order chi connectivity index (χ1) is 9.04. The Labute approximate surface area is 129 Å². The molecule has 100 valence electrons. The van der Waals surface area contributed by atoms with Crippen LogP contribution >= 0.6 is 39.1 Å². The molecule has 1 unspecified atom stereocenters. The molecule has 19 heavy (non-hydrogen) atoms. The second kappa shape index (κ2) is 6.12. The van der Waals surface area contributed by atoms with Crippen LogP contribution in [0.25, 0.3) is 0 Å². The van der Waals surface area contributed by atoms with E-state index in [9.17, 15) is 4.39 Å². The highest BCUT2D eigenvalue weighted by Crippen LogP contribution is 2.40. The van der Waals surface area contributed by atoms with E-state index in [0.29, 0.717) is 16.3 Å². The van der Waals surface area contributed by atoms with Crippen LogP contribution in [0.4, 0.5) is 4.39 Å². The van der Waals surface area contributed by atoms with Crippen molar-refractivity contribution in [2.45, 2.75) is 5.38 Å². The van der Waals surface area contributed by atoms with Crippen LogP contribution in [-0.2, 0) is 0 Å². The second-order valence-corrected chi connectivity index (χ2v) is 5.64. The lowest BCUT2D eigenvalue weighted by atomic mass is 10.0. The third-order valence-corrected chi connectivity index (χ3v) is 3.99. The molecule has 0 bridgehead atoms. The molecule has 2 aromatic rings. The first kappa shape index (κ1) is 14.6. The minimum Gasteiger partial charge on any atom is -0.496 e. The van der Waals surface area contributed by atoms with Crippen molar-refractivity contribution < 1.29 is 9.13 Å². The maximum Gasteiger partial charge on any atom is 0.129 e. The summed E-state index contributed by atoms with van der Waals surface area (Å²) in [7, 11) is 1.54. The van der Waals surface area contributed by atoms with Crippen molar-refractivity contribution in [2.24, 2.45) is 0 Å². The average Bonchev–Trinajstić information content (AvgIpc) is 2.38. The highest BCUT2D eigenvalue weighted by Gasteiger charge is 2.22. The molecule has 0 aliphatic rings. The fraction of sp³-hybridized carbons (Fsp3) is 0.143. The minimum atomic E-state index is -0.721. The molecule has 0 fully saturated rings. The third kappa shape index (κ3) is 3.04. The summed E-state index contributed by atoms with van der Waals surface area (Å²) in [6.45, 7) is 0. The molecule has 1 atom stereocenters. The van der Waals surface area contributed by atoms with E-state index >= 15 is 0 Å². The molecule has 0 saturated heterocycles. The number of hydrogen-bond donors (Lipinski definition) is 0. The lowest BCUT2D eigenvalue weighted by Crippen LogP contribution is -2.01. The van der Waals surface area contributed by atoms with Crippen LogP contribution in [0.1, 0.15) is 16.5 Å². The summed E-state index contributed by atoms with van der Waals surface area (Å²) in [6.07, 6.45) is 0. The summed E-state index contributed by atoms with van der Waals surface area (Å²) < 4.78 is 20.0. The second-order valence-electron chi connectivity index (χ2n) is 3.88. The smallest absolute Gasteiger partial charge is 0.129 e. The van der Waals surface area contributed by atoms with Gasteiger partial charge in [0.2, 0.25) is 0 Å². The summed E-state index contributed by atoms with van der Waals surface area (Å²) in [5, 5.41) is -0.428. The first-order valence-electron chi connectivity index (χ1n) is 5.46. The molecule has 0 radical (unpaired) electrons. The lowest BCUT2D eigenvalue weighted by molar-refractivity contribution is 0.410. The van der Waals surface area contributed by atoms with Crippen molar-refractivity contribution >= 4 is 39.1 Å². The van der Waals surface area contributed by atoms with Gasteiger partial charge >= 0.3 is 0 Å². The van der Waals surface area contributed by atoms with Gasteiger partial charge in [-0.3, -0.25) is 0 Å². The Morgan fingerprint density at radius 3 is 2.63 bits per heavy atom. The van der Waals surface area contributed by atoms with E-state index in [2.05, 4.69) is 15.9 Å². The van der Waals surface area contributed by atoms with Crippen molar-refractivity contribution in [3.8, 4) is 5.75 Å². The SMILES string of the molecule is COc1ccc(Br)cc1C(Cl)c1c(F)cccc1Cl. The zero-order valence-corrected chi connectivity index (χ0v) is 13.1. The van der Waals surface area contributed by atoms with E-state index in [1.807, 2.05) is 6.07 Å². The highest BCUT2D eigenvalue weighted by atomic mass is 79.9. The van der Waals surface area contributed by atoms with Gasteiger partial charge in [-0.25, -0.2) is 4.39 Å². The largest absolute Gasteiger partial charge is 0.496 e. The van der Waals surface area contributed by atoms with Gasteiger partial charge in [-0.2, -0.15) is 0 Å². The summed E-state index contributed by atoms with van der Waals surface area (Å²) >= 11 is 15.8. The van der Waals surface area contributed by atoms with Gasteiger partial charge in [0.25, 0.3) is 0 Å². The molecule has 1 nitrogen and oxygen atoms in total. The van der Waals surface area contributed by atoms with Crippen molar-refractivity contribution in [1.82, 2.24) is 0 Å². The maximum absolute atomic E-state index is 13.9. The van der Waals surface area contributed by atoms with Gasteiger partial charge < -0.3 is 4.74 Å². The summed E-state index contributed by atoms with van der Waals surface area (Å²) in [5.74, 6) is 0.150. The van der Waals surface area contributed by atoms with E-state index < -0.39 is 11.2 Å². The number of methoxy groups -OCH3 is 1. The third-order valence-electron chi connectivity index (χ3n) is 2.72. The van der Waals surface area contributed by atoms with E-state index in [4.69, 9.17) is 27.9 Å². The zero-order chi connectivity index (χ0) is 14.0. The zero-order valence-electron chi connectivity index (χ0n) is 9.96. The molecule has 0 amide bonds. The molecular formula is C14H10BrCl2FO. The normalized spacial score (nSPS) is 12.3. The Morgan fingerprint density at radius 1 is 1.26 bits per heavy atom. The molecular weight excluding hydrogens is 354 g/mol. The van der Waals surface area contributed by atoms with Crippen LogP contribution in [0.3, 0.4) is 0 Å². The number of rotatable bonds is 3. The number of ether oxygens (including phenoxy) is 1. The van der Waals surface area contributed by atoms with Gasteiger partial charge in [0.1, 0.15) is 11.6 Å². The van der Waals surface area contributed by atoms with Crippen molar-refractivity contribution in [1.29, 1.82) is 0 Å². The molecule has 5 heteroatoms. The molecule has 0 heterocycles. The Bertz CT molecular complexity index is 584. The Morgan fingerprint density at radius 2 is 2.00 bits per heavy atom. The number of benzene rings is 2. The Kier molecular flexibility index (Phi) is 4.71. The standard InChI is InChI=1S/C14H10BrCl2FO/c1-19-12-6-5-8(15)7-9(12)14(17)13-10(16)3-2-4-11(13)18/h2-7,14H,1H3. The topological polar surface area (TPSA) is 9.23 Å². The lowest BCUT2D eigenvalue weighted by Gasteiger charge is -2.16. The van der Waals surface area contributed by atoms with Gasteiger partial charge in [0, 0.05) is 20.6 Å². The maximum atomic E-state index is 13.9. The van der Waals surface area contributed by atoms with Crippen LogP contribution in [0.2, 0.25) is 5.02 Å². The van der Waals surface area contributed by atoms with E-state index in [-0.39, 0.29) is 5.56 Å². The quantitative estimate of drug-likeness (QED) is 0.647. The Hall–Kier alpha value is -0.770. The minimum absolute atomic E-state index is 0.252. The molecule has 0 spiro atoms. The summed E-state index contributed by atoms with van der Waals surface area (Å²) in [6, 6.07) is 9.88. The van der Waals surface area contributed by atoms with Crippen LogP contribution in [0, 0.1) is 5.82 Å². The van der Waals surface area contributed by atoms with Crippen LogP contribution in [0.15, 0.2) is 40.9 Å². The van der Waals surface area contributed by atoms with Crippen LogP contribution in [-0.4, -0.2) is 7.11 Å². The molecule has 0 saturated carbocycles. The summed E-state index contributed by atoms with van der Waals surface area (Å²) in [5.41, 5.74) is 0.910. The van der Waals surface area contributed by atoms with E-state index in [1.54, 1.807) is 31.4 Å². The van der Waals surface area contributed by atoms with Gasteiger partial charge in [0.15, 0.2) is 0 Å². The number of alkyl halides is 1. The molecule has 0 aliphatic heterocycles. The number of hydrogen-bond acceptors (Lipinski definition) is 1. The number of halogens is 4. The molecule has 0 aromatic heterocycles. The van der Waals surface area contributed by atoms with Crippen LogP contribution < -0.4 is 4.74 Å². The van der Waals surface area contributed by atoms with Crippen molar-refractivity contribution in [3.63, 3.8) is 0 Å². The fourth-order valence-electron chi connectivity index (χ4n) is 1.81. The molecule has 2 aromatic carbocycles. The van der Waals surface area contributed by atoms with Crippen LogP contribution in [0.5, 0.6) is 5.75 Å². The first-order valence-corrected chi connectivity index (χ1v) is 7.06. The highest BCUT2D eigenvalue weighted by molar-refractivity contribution is 9.10. The molecule has 0 aliphatic carbocycles. The van der Waals surface area contributed by atoms with Gasteiger partial charge in [-0.05, 0) is 30.3 Å². The Balaban J connectivity index is 2.55. The fourth-order valence-corrected chi connectivity index (χ4v) is 2.91. The average molecular weight is 364 g/mol. The van der Waals surface area contributed by atoms with Crippen molar-refractivity contribution in [3.05, 3.63) is 62.8 Å². The predicted octanol–water partition coefficient (Wildman–Crippen LogP) is 5.58. The van der Waals surface area contributed by atoms with E-state index in [0.717, 1.165) is 4.47 Å². The molecule has 0 N–H and O–H groups in total. The van der Waals surface area contributed by atoms with Gasteiger partial charge in [0.05, 0.1) is 12.5 Å². The van der Waals surface area contributed by atoms with Crippen molar-refractivity contribution in [2.75, 3.05) is 7.11 Å². The van der Waals surface area contributed by atoms with E-state index in [1.165, 1.54) is 6.07 Å². The monoisotopic (exact) mass is 362 g/mol. The summed E-state index contributed by atoms with van der Waals surface area (Å²) in [4.78, 5) is 0. The van der Waals surface area contributed by atoms with Gasteiger partial charge in [-0.15, -0.1) is 11.6 Å². The molecule has 2 rings (SSSR count). The van der Waals surface area contributed by atoms with Gasteiger partial charge in [-0.1, -0.05) is 33.6 Å².